The summed E-state index contributed by atoms with van der Waals surface area (Å²) in [4.78, 5) is 0. The monoisotopic (exact) mass is 156 g/mol. The van der Waals surface area contributed by atoms with Crippen molar-refractivity contribution in [2.45, 2.75) is 25.2 Å². The van der Waals surface area contributed by atoms with Crippen LogP contribution in [0.1, 0.15) is 13.8 Å². The van der Waals surface area contributed by atoms with E-state index in [-0.39, 0.29) is 13.2 Å². The van der Waals surface area contributed by atoms with Crippen LogP contribution in [0.15, 0.2) is 0 Å². The highest BCUT2D eigenvalue weighted by Gasteiger charge is 2.37. The molecule has 1 rings (SSSR count). The van der Waals surface area contributed by atoms with Crippen LogP contribution in [0, 0.1) is 11.3 Å². The Labute approximate surface area is 65.9 Å². The zero-order valence-electron chi connectivity index (χ0n) is 6.76. The van der Waals surface area contributed by atoms with Crippen molar-refractivity contribution >= 4 is 0 Å². The second-order valence-corrected chi connectivity index (χ2v) is 3.25. The standard InChI is InChI=1S/C7H12N2O2/c1-6(2)10-4-7(9,3-8)5-11-6/h4-5,9H2,1-2H3. The van der Waals surface area contributed by atoms with Crippen LogP contribution in [0.5, 0.6) is 0 Å². The highest BCUT2D eigenvalue weighted by Crippen LogP contribution is 2.20. The molecule has 62 valence electrons. The predicted octanol–water partition coefficient (Wildman–Crippen LogP) is -0.00962. The highest BCUT2D eigenvalue weighted by atomic mass is 16.7. The summed E-state index contributed by atoms with van der Waals surface area (Å²) in [5.74, 6) is -0.597. The number of hydrogen-bond donors (Lipinski definition) is 1. The molecule has 0 aliphatic carbocycles. The van der Waals surface area contributed by atoms with Gasteiger partial charge in [0.2, 0.25) is 0 Å². The molecule has 1 heterocycles. The Morgan fingerprint density at radius 2 is 1.82 bits per heavy atom. The normalized spacial score (nSPS) is 27.5. The fourth-order valence-electron chi connectivity index (χ4n) is 0.753. The topological polar surface area (TPSA) is 68.3 Å². The molecule has 0 bridgehead atoms. The third-order valence-electron chi connectivity index (χ3n) is 1.58. The summed E-state index contributed by atoms with van der Waals surface area (Å²) in [5.41, 5.74) is 4.61. The minimum absolute atomic E-state index is 0.233. The molecule has 0 spiro atoms. The molecule has 0 radical (unpaired) electrons. The zero-order chi connectivity index (χ0) is 8.54. The van der Waals surface area contributed by atoms with Crippen LogP contribution in [0.25, 0.3) is 0 Å². The van der Waals surface area contributed by atoms with Crippen molar-refractivity contribution in [1.29, 1.82) is 5.26 Å². The summed E-state index contributed by atoms with van der Waals surface area (Å²) in [6.07, 6.45) is 0. The van der Waals surface area contributed by atoms with Crippen molar-refractivity contribution < 1.29 is 9.47 Å². The van der Waals surface area contributed by atoms with Crippen molar-refractivity contribution in [2.24, 2.45) is 5.73 Å². The lowest BCUT2D eigenvalue weighted by Crippen LogP contribution is -2.56. The van der Waals surface area contributed by atoms with Gasteiger partial charge in [0.25, 0.3) is 0 Å². The van der Waals surface area contributed by atoms with Gasteiger partial charge in [-0.2, -0.15) is 5.26 Å². The molecule has 1 aliphatic rings. The second kappa shape index (κ2) is 2.45. The van der Waals surface area contributed by atoms with Gasteiger partial charge in [-0.05, 0) is 13.8 Å². The van der Waals surface area contributed by atoms with E-state index < -0.39 is 11.3 Å². The number of nitrogens with zero attached hydrogens (tertiary/aromatic N) is 1. The first kappa shape index (κ1) is 8.47. The van der Waals surface area contributed by atoms with Gasteiger partial charge in [-0.25, -0.2) is 0 Å². The third kappa shape index (κ3) is 1.90. The summed E-state index contributed by atoms with van der Waals surface area (Å²) in [6, 6.07) is 1.95. The van der Waals surface area contributed by atoms with E-state index in [1.807, 2.05) is 6.07 Å². The fraction of sp³-hybridized carbons (Fsp3) is 0.857. The molecule has 1 fully saturated rings. The average molecular weight is 156 g/mol. The van der Waals surface area contributed by atoms with Gasteiger partial charge < -0.3 is 15.2 Å². The van der Waals surface area contributed by atoms with E-state index in [0.717, 1.165) is 0 Å². The van der Waals surface area contributed by atoms with E-state index in [9.17, 15) is 0 Å². The van der Waals surface area contributed by atoms with Crippen molar-refractivity contribution in [1.82, 2.24) is 0 Å². The van der Waals surface area contributed by atoms with Crippen LogP contribution in [-0.4, -0.2) is 24.5 Å². The number of nitrogens with two attached hydrogens (primary N) is 1. The molecule has 11 heavy (non-hydrogen) atoms. The maximum atomic E-state index is 8.59. The quantitative estimate of drug-likeness (QED) is 0.535. The molecule has 2 N–H and O–H groups in total. The summed E-state index contributed by atoms with van der Waals surface area (Å²) in [6.45, 7) is 4.06. The molecule has 0 saturated carbocycles. The summed E-state index contributed by atoms with van der Waals surface area (Å²) >= 11 is 0. The molecular weight excluding hydrogens is 144 g/mol. The van der Waals surface area contributed by atoms with Gasteiger partial charge in [0.15, 0.2) is 11.3 Å². The van der Waals surface area contributed by atoms with E-state index in [1.54, 1.807) is 13.8 Å². The van der Waals surface area contributed by atoms with Gasteiger partial charge in [-0.3, -0.25) is 0 Å². The largest absolute Gasteiger partial charge is 0.347 e. The Morgan fingerprint density at radius 1 is 1.36 bits per heavy atom. The average Bonchev–Trinajstić information content (AvgIpc) is 1.97. The van der Waals surface area contributed by atoms with Gasteiger partial charge in [-0.15, -0.1) is 0 Å². The SMILES string of the molecule is CC1(C)OCC(N)(C#N)CO1. The van der Waals surface area contributed by atoms with Gasteiger partial charge >= 0.3 is 0 Å². The van der Waals surface area contributed by atoms with E-state index in [0.29, 0.717) is 0 Å². The minimum Gasteiger partial charge on any atom is -0.347 e. The number of ether oxygens (including phenoxy) is 2. The molecular formula is C7H12N2O2. The fourth-order valence-corrected chi connectivity index (χ4v) is 0.753. The van der Waals surface area contributed by atoms with E-state index in [2.05, 4.69) is 0 Å². The molecule has 4 nitrogen and oxygen atoms in total. The molecule has 0 aromatic heterocycles. The van der Waals surface area contributed by atoms with Crippen molar-refractivity contribution in [3.05, 3.63) is 0 Å². The number of hydrogen-bond acceptors (Lipinski definition) is 4. The maximum absolute atomic E-state index is 8.59. The van der Waals surface area contributed by atoms with E-state index in [4.69, 9.17) is 20.5 Å². The predicted molar refractivity (Wildman–Crippen MR) is 38.5 cm³/mol. The number of rotatable bonds is 0. The van der Waals surface area contributed by atoms with Gasteiger partial charge in [0, 0.05) is 0 Å². The summed E-state index contributed by atoms with van der Waals surface area (Å²) < 4.78 is 10.4. The number of nitriles is 1. The molecule has 1 aliphatic heterocycles. The van der Waals surface area contributed by atoms with Crippen molar-refractivity contribution in [2.75, 3.05) is 13.2 Å². The maximum Gasteiger partial charge on any atom is 0.163 e. The minimum atomic E-state index is -0.963. The molecule has 1 saturated heterocycles. The van der Waals surface area contributed by atoms with E-state index in [1.165, 1.54) is 0 Å². The smallest absolute Gasteiger partial charge is 0.163 e. The second-order valence-electron chi connectivity index (χ2n) is 3.25. The van der Waals surface area contributed by atoms with Crippen LogP contribution in [0.2, 0.25) is 0 Å². The van der Waals surface area contributed by atoms with Crippen LogP contribution < -0.4 is 5.73 Å². The molecule has 0 unspecified atom stereocenters. The summed E-state index contributed by atoms with van der Waals surface area (Å²) in [5, 5.41) is 8.59. The van der Waals surface area contributed by atoms with E-state index >= 15 is 0 Å². The first-order valence-corrected chi connectivity index (χ1v) is 3.45. The zero-order valence-corrected chi connectivity index (χ0v) is 6.76. The Kier molecular flexibility index (Phi) is 1.89. The lowest BCUT2D eigenvalue weighted by Gasteiger charge is -2.37. The molecule has 0 atom stereocenters. The van der Waals surface area contributed by atoms with Crippen LogP contribution >= 0.6 is 0 Å². The van der Waals surface area contributed by atoms with Gasteiger partial charge in [0.1, 0.15) is 0 Å². The Morgan fingerprint density at radius 3 is 2.18 bits per heavy atom. The lowest BCUT2D eigenvalue weighted by molar-refractivity contribution is -0.259. The Hall–Kier alpha value is -0.630. The van der Waals surface area contributed by atoms with Gasteiger partial charge in [-0.1, -0.05) is 0 Å². The Bertz CT molecular complexity index is 185. The first-order chi connectivity index (χ1) is 4.97. The highest BCUT2D eigenvalue weighted by molar-refractivity contribution is 5.06. The lowest BCUT2D eigenvalue weighted by atomic mass is 10.1. The molecule has 4 heteroatoms. The van der Waals surface area contributed by atoms with Crippen molar-refractivity contribution in [3.63, 3.8) is 0 Å². The summed E-state index contributed by atoms with van der Waals surface area (Å²) in [7, 11) is 0. The first-order valence-electron chi connectivity index (χ1n) is 3.45. The molecule has 0 aromatic carbocycles. The van der Waals surface area contributed by atoms with Crippen LogP contribution in [-0.2, 0) is 9.47 Å². The Balaban J connectivity index is 2.56. The van der Waals surface area contributed by atoms with Gasteiger partial charge in [0.05, 0.1) is 19.3 Å². The van der Waals surface area contributed by atoms with Crippen molar-refractivity contribution in [3.8, 4) is 6.07 Å². The van der Waals surface area contributed by atoms with Crippen LogP contribution in [0.4, 0.5) is 0 Å². The molecule has 0 aromatic rings. The van der Waals surface area contributed by atoms with Crippen LogP contribution in [0.3, 0.4) is 0 Å². The third-order valence-corrected chi connectivity index (χ3v) is 1.58. The molecule has 0 amide bonds.